The number of aryl methyl sites for hydroxylation is 2. The van der Waals surface area contributed by atoms with Gasteiger partial charge in [0.1, 0.15) is 0 Å². The second-order valence-corrected chi connectivity index (χ2v) is 6.56. The van der Waals surface area contributed by atoms with E-state index in [0.29, 0.717) is 38.2 Å². The summed E-state index contributed by atoms with van der Waals surface area (Å²) in [6, 6.07) is 5.14. The molecule has 0 saturated carbocycles. The van der Waals surface area contributed by atoms with Crippen LogP contribution in [0.4, 0.5) is 0 Å². The molecule has 1 amide bonds. The van der Waals surface area contributed by atoms with Gasteiger partial charge in [-0.15, -0.1) is 0 Å². The van der Waals surface area contributed by atoms with E-state index in [-0.39, 0.29) is 11.5 Å². The van der Waals surface area contributed by atoms with Gasteiger partial charge >= 0.3 is 5.97 Å². The molecule has 0 bridgehead atoms. The lowest BCUT2D eigenvalue weighted by molar-refractivity contribution is -0.132. The number of hydrogen-bond donors (Lipinski definition) is 1. The second-order valence-electron chi connectivity index (χ2n) is 6.56. The van der Waals surface area contributed by atoms with Gasteiger partial charge in [0.15, 0.2) is 5.82 Å². The molecule has 0 unspecified atom stereocenters. The van der Waals surface area contributed by atoms with E-state index in [1.54, 1.807) is 17.0 Å². The maximum atomic E-state index is 12.5. The highest BCUT2D eigenvalue weighted by Crippen LogP contribution is 2.21. The zero-order chi connectivity index (χ0) is 18.5. The number of rotatable bonds is 7. The highest BCUT2D eigenvalue weighted by atomic mass is 16.5. The van der Waals surface area contributed by atoms with Gasteiger partial charge < -0.3 is 14.5 Å². The first-order valence-corrected chi connectivity index (χ1v) is 9.01. The van der Waals surface area contributed by atoms with E-state index < -0.39 is 5.97 Å². The molecule has 0 radical (unpaired) electrons. The van der Waals surface area contributed by atoms with Crippen molar-refractivity contribution in [2.75, 3.05) is 6.54 Å². The van der Waals surface area contributed by atoms with Crippen LogP contribution in [0.15, 0.2) is 22.7 Å². The van der Waals surface area contributed by atoms with Crippen molar-refractivity contribution in [1.82, 2.24) is 15.0 Å². The molecule has 26 heavy (non-hydrogen) atoms. The molecule has 0 saturated heterocycles. The summed E-state index contributed by atoms with van der Waals surface area (Å²) in [6.45, 7) is 3.20. The molecule has 1 aromatic heterocycles. The number of fused-ring (bicyclic) bond motifs is 1. The highest BCUT2D eigenvalue weighted by molar-refractivity contribution is 5.88. The molecule has 138 valence electrons. The fraction of sp³-hybridized carbons (Fsp3) is 0.474. The first-order valence-electron chi connectivity index (χ1n) is 9.01. The summed E-state index contributed by atoms with van der Waals surface area (Å²) in [5.74, 6) is 0.426. The third-order valence-corrected chi connectivity index (χ3v) is 4.58. The zero-order valence-corrected chi connectivity index (χ0v) is 14.9. The number of benzene rings is 1. The van der Waals surface area contributed by atoms with Crippen LogP contribution in [-0.2, 0) is 30.6 Å². The minimum atomic E-state index is -0.946. The van der Waals surface area contributed by atoms with Crippen LogP contribution in [0.25, 0.3) is 0 Å². The van der Waals surface area contributed by atoms with Gasteiger partial charge in [0.2, 0.25) is 11.8 Å². The van der Waals surface area contributed by atoms with E-state index in [4.69, 9.17) is 9.63 Å². The van der Waals surface area contributed by atoms with Gasteiger partial charge in [-0.05, 0) is 42.5 Å². The average molecular weight is 357 g/mol. The highest BCUT2D eigenvalue weighted by Gasteiger charge is 2.21. The number of carbonyl (C=O) groups excluding carboxylic acids is 1. The smallest absolute Gasteiger partial charge is 0.335 e. The maximum Gasteiger partial charge on any atom is 0.335 e. The zero-order valence-electron chi connectivity index (χ0n) is 14.9. The van der Waals surface area contributed by atoms with Crippen LogP contribution >= 0.6 is 0 Å². The molecular formula is C19H23N3O4. The van der Waals surface area contributed by atoms with Gasteiger partial charge in [-0.2, -0.15) is 4.98 Å². The Morgan fingerprint density at radius 2 is 2.12 bits per heavy atom. The van der Waals surface area contributed by atoms with Crippen LogP contribution in [0.1, 0.15) is 59.4 Å². The van der Waals surface area contributed by atoms with E-state index in [2.05, 4.69) is 17.1 Å². The quantitative estimate of drug-likeness (QED) is 0.818. The average Bonchev–Trinajstić information content (AvgIpc) is 3.08. The van der Waals surface area contributed by atoms with Crippen molar-refractivity contribution in [1.29, 1.82) is 0 Å². The van der Waals surface area contributed by atoms with Crippen LogP contribution in [0, 0.1) is 0 Å². The number of nitrogens with zero attached hydrogens (tertiary/aromatic N) is 3. The lowest BCUT2D eigenvalue weighted by Crippen LogP contribution is -2.36. The van der Waals surface area contributed by atoms with Crippen LogP contribution in [-0.4, -0.2) is 38.6 Å². The first kappa shape index (κ1) is 18.1. The second kappa shape index (κ2) is 8.12. The molecule has 1 aliphatic heterocycles. The predicted molar refractivity (Wildman–Crippen MR) is 93.8 cm³/mol. The number of carboxylic acids is 1. The van der Waals surface area contributed by atoms with E-state index in [0.717, 1.165) is 36.2 Å². The minimum Gasteiger partial charge on any atom is -0.478 e. The topological polar surface area (TPSA) is 96.5 Å². The minimum absolute atomic E-state index is 0.0738. The maximum absolute atomic E-state index is 12.5. The summed E-state index contributed by atoms with van der Waals surface area (Å²) in [7, 11) is 0. The largest absolute Gasteiger partial charge is 0.478 e. The molecule has 0 atom stereocenters. The number of aromatic nitrogens is 2. The van der Waals surface area contributed by atoms with Crippen molar-refractivity contribution >= 4 is 11.9 Å². The van der Waals surface area contributed by atoms with Gasteiger partial charge in [-0.25, -0.2) is 4.79 Å². The summed E-state index contributed by atoms with van der Waals surface area (Å²) in [4.78, 5) is 29.7. The van der Waals surface area contributed by atoms with Gasteiger partial charge in [-0.3, -0.25) is 4.79 Å². The van der Waals surface area contributed by atoms with Crippen LogP contribution in [0.3, 0.4) is 0 Å². The van der Waals surface area contributed by atoms with Gasteiger partial charge in [0, 0.05) is 32.4 Å². The molecule has 7 heteroatoms. The summed E-state index contributed by atoms with van der Waals surface area (Å²) in [6.07, 6.45) is 4.19. The summed E-state index contributed by atoms with van der Waals surface area (Å²) >= 11 is 0. The molecule has 2 aromatic rings. The summed E-state index contributed by atoms with van der Waals surface area (Å²) in [5, 5.41) is 13.0. The molecule has 1 aromatic carbocycles. The Bertz CT molecular complexity index is 800. The number of carboxylic acid groups (broad SMARTS) is 1. The molecule has 0 spiro atoms. The summed E-state index contributed by atoms with van der Waals surface area (Å²) in [5.41, 5.74) is 2.30. The fourth-order valence-electron chi connectivity index (χ4n) is 3.17. The standard InChI is InChI=1S/C19H23N3O4/c1-2-4-16-20-17(26-21-16)5-3-6-18(23)22-10-9-13-7-8-14(19(24)25)11-15(13)12-22/h7-8,11H,2-6,9-10,12H2,1H3,(H,24,25). The molecular weight excluding hydrogens is 334 g/mol. The van der Waals surface area contributed by atoms with Crippen molar-refractivity contribution in [3.63, 3.8) is 0 Å². The monoisotopic (exact) mass is 357 g/mol. The molecule has 0 fully saturated rings. The molecule has 3 rings (SSSR count). The van der Waals surface area contributed by atoms with E-state index >= 15 is 0 Å². The molecule has 2 heterocycles. The Morgan fingerprint density at radius 3 is 2.88 bits per heavy atom. The number of aromatic carboxylic acids is 1. The van der Waals surface area contributed by atoms with Crippen molar-refractivity contribution in [2.24, 2.45) is 0 Å². The van der Waals surface area contributed by atoms with Gasteiger partial charge in [-0.1, -0.05) is 18.1 Å². The predicted octanol–water partition coefficient (Wildman–Crippen LogP) is 2.63. The Labute approximate surface area is 152 Å². The van der Waals surface area contributed by atoms with Crippen LogP contribution in [0.2, 0.25) is 0 Å². The Kier molecular flexibility index (Phi) is 5.65. The van der Waals surface area contributed by atoms with Gasteiger partial charge in [0.05, 0.1) is 5.56 Å². The van der Waals surface area contributed by atoms with Crippen LogP contribution < -0.4 is 0 Å². The third-order valence-electron chi connectivity index (χ3n) is 4.58. The Hall–Kier alpha value is -2.70. The van der Waals surface area contributed by atoms with E-state index in [1.165, 1.54) is 0 Å². The molecule has 7 nitrogen and oxygen atoms in total. The lowest BCUT2D eigenvalue weighted by Gasteiger charge is -2.29. The Morgan fingerprint density at radius 1 is 1.27 bits per heavy atom. The fourth-order valence-corrected chi connectivity index (χ4v) is 3.17. The molecule has 1 aliphatic rings. The van der Waals surface area contributed by atoms with Gasteiger partial charge in [0.25, 0.3) is 0 Å². The molecule has 1 N–H and O–H groups in total. The number of amides is 1. The summed E-state index contributed by atoms with van der Waals surface area (Å²) < 4.78 is 5.18. The first-order chi connectivity index (χ1) is 12.6. The normalized spacial score (nSPS) is 13.5. The van der Waals surface area contributed by atoms with E-state index in [1.807, 2.05) is 6.07 Å². The van der Waals surface area contributed by atoms with E-state index in [9.17, 15) is 9.59 Å². The SMILES string of the molecule is CCCc1noc(CCCC(=O)N2CCc3ccc(C(=O)O)cc3C2)n1. The van der Waals surface area contributed by atoms with Crippen molar-refractivity contribution in [3.05, 3.63) is 46.6 Å². The Balaban J connectivity index is 1.52. The van der Waals surface area contributed by atoms with Crippen molar-refractivity contribution in [3.8, 4) is 0 Å². The molecule has 0 aliphatic carbocycles. The number of carbonyl (C=O) groups is 2. The lowest BCUT2D eigenvalue weighted by atomic mass is 9.97. The third kappa shape index (κ3) is 4.28. The van der Waals surface area contributed by atoms with Crippen molar-refractivity contribution < 1.29 is 19.2 Å². The number of hydrogen-bond acceptors (Lipinski definition) is 5. The van der Waals surface area contributed by atoms with Crippen LogP contribution in [0.5, 0.6) is 0 Å². The van der Waals surface area contributed by atoms with Crippen molar-refractivity contribution in [2.45, 2.75) is 52.0 Å².